The lowest BCUT2D eigenvalue weighted by molar-refractivity contribution is -0.810. The van der Waals surface area contributed by atoms with Gasteiger partial charge in [0.05, 0.1) is 12.0 Å². The Morgan fingerprint density at radius 3 is 2.35 bits per heavy atom. The van der Waals surface area contributed by atoms with Crippen LogP contribution in [0.1, 0.15) is 33.6 Å². The van der Waals surface area contributed by atoms with Crippen molar-refractivity contribution in [2.45, 2.75) is 39.7 Å². The zero-order chi connectivity index (χ0) is 15.2. The summed E-state index contributed by atoms with van der Waals surface area (Å²) in [7, 11) is 1.68. The molecule has 110 valence electrons. The van der Waals surface area contributed by atoms with Crippen LogP contribution in [0.3, 0.4) is 0 Å². The first-order valence-corrected chi connectivity index (χ1v) is 6.79. The molecule has 20 heavy (non-hydrogen) atoms. The number of quaternary nitrogens is 1. The molecule has 7 heteroatoms. The highest BCUT2D eigenvalue weighted by molar-refractivity contribution is 6.03. The van der Waals surface area contributed by atoms with Gasteiger partial charge in [0, 0.05) is 26.3 Å². The van der Waals surface area contributed by atoms with E-state index in [0.29, 0.717) is 0 Å². The van der Waals surface area contributed by atoms with Gasteiger partial charge in [0.15, 0.2) is 5.70 Å². The maximum absolute atomic E-state index is 12.7. The summed E-state index contributed by atoms with van der Waals surface area (Å²) in [5.74, 6) is -0.704. The lowest BCUT2D eigenvalue weighted by Crippen LogP contribution is -2.62. The zero-order valence-electron chi connectivity index (χ0n) is 12.3. The minimum Gasteiger partial charge on any atom is -0.261 e. The van der Waals surface area contributed by atoms with Crippen LogP contribution < -0.4 is 0 Å². The van der Waals surface area contributed by atoms with Gasteiger partial charge >= 0.3 is 17.6 Å². The third-order valence-corrected chi connectivity index (χ3v) is 4.12. The first-order valence-electron chi connectivity index (χ1n) is 6.79. The largest absolute Gasteiger partial charge is 0.431 e. The lowest BCUT2D eigenvalue weighted by atomic mass is 10.1. The maximum Gasteiger partial charge on any atom is 0.431 e. The van der Waals surface area contributed by atoms with E-state index in [4.69, 9.17) is 0 Å². The van der Waals surface area contributed by atoms with Crippen LogP contribution in [0.4, 0.5) is 4.79 Å². The van der Waals surface area contributed by atoms with E-state index in [-0.39, 0.29) is 34.7 Å². The molecular weight excluding hydrogens is 262 g/mol. The van der Waals surface area contributed by atoms with Gasteiger partial charge < -0.3 is 0 Å². The van der Waals surface area contributed by atoms with Gasteiger partial charge in [0.1, 0.15) is 6.04 Å². The number of allylic oxidation sites excluding steroid dienone is 1. The van der Waals surface area contributed by atoms with Crippen molar-refractivity contribution >= 4 is 11.9 Å². The van der Waals surface area contributed by atoms with E-state index in [1.54, 1.807) is 7.05 Å². The predicted octanol–water partition coefficient (Wildman–Crippen LogP) is 1.72. The van der Waals surface area contributed by atoms with E-state index < -0.39 is 16.5 Å². The summed E-state index contributed by atoms with van der Waals surface area (Å²) in [5, 5.41) is 11.2. The summed E-state index contributed by atoms with van der Waals surface area (Å²) in [6.07, 6.45) is 1.71. The Kier molecular flexibility index (Phi) is 3.41. The van der Waals surface area contributed by atoms with Crippen LogP contribution in [0.5, 0.6) is 0 Å². The smallest absolute Gasteiger partial charge is 0.261 e. The molecule has 0 aromatic rings. The van der Waals surface area contributed by atoms with E-state index in [0.717, 1.165) is 17.7 Å². The molecule has 7 nitrogen and oxygen atoms in total. The molecule has 2 aliphatic rings. The molecule has 1 aliphatic carbocycles. The fourth-order valence-electron chi connectivity index (χ4n) is 2.74. The second-order valence-electron chi connectivity index (χ2n) is 6.09. The molecule has 1 unspecified atom stereocenters. The summed E-state index contributed by atoms with van der Waals surface area (Å²) in [6.45, 7) is 5.49. The average molecular weight is 282 g/mol. The van der Waals surface area contributed by atoms with E-state index in [1.165, 1.54) is 6.92 Å². The van der Waals surface area contributed by atoms with Crippen LogP contribution in [-0.2, 0) is 4.79 Å². The molecule has 1 atom stereocenters. The van der Waals surface area contributed by atoms with Crippen LogP contribution in [0.25, 0.3) is 0 Å². The van der Waals surface area contributed by atoms with Crippen LogP contribution >= 0.6 is 0 Å². The Morgan fingerprint density at radius 1 is 1.40 bits per heavy atom. The van der Waals surface area contributed by atoms with Gasteiger partial charge in [-0.05, 0) is 5.92 Å². The molecule has 0 aromatic carbocycles. The minimum atomic E-state index is -0.776. The number of amides is 3. The SMILES string of the molecule is CC1=C([N+](=O)[O-])C(=O)N(CC(C)C)C(=O)[N+]1(C)C1CC1. The van der Waals surface area contributed by atoms with Crippen molar-refractivity contribution in [2.75, 3.05) is 13.6 Å². The zero-order valence-corrected chi connectivity index (χ0v) is 12.3. The monoisotopic (exact) mass is 282 g/mol. The number of carbonyl (C=O) groups is 2. The molecule has 2 rings (SSSR count). The fourth-order valence-corrected chi connectivity index (χ4v) is 2.74. The third-order valence-electron chi connectivity index (χ3n) is 4.12. The number of urea groups is 1. The average Bonchev–Trinajstić information content (AvgIpc) is 3.16. The molecule has 1 fully saturated rings. The summed E-state index contributed by atoms with van der Waals surface area (Å²) in [5.41, 5.74) is -0.188. The first kappa shape index (κ1) is 14.6. The number of hydrogen-bond donors (Lipinski definition) is 0. The van der Waals surface area contributed by atoms with Crippen molar-refractivity contribution in [3.63, 3.8) is 0 Å². The quantitative estimate of drug-likeness (QED) is 0.446. The number of carbonyl (C=O) groups excluding carboxylic acids is 2. The molecule has 1 aliphatic heterocycles. The van der Waals surface area contributed by atoms with E-state index >= 15 is 0 Å². The summed E-state index contributed by atoms with van der Waals surface area (Å²) in [4.78, 5) is 36.5. The summed E-state index contributed by atoms with van der Waals surface area (Å²) in [6, 6.07) is -0.283. The lowest BCUT2D eigenvalue weighted by Gasteiger charge is -2.38. The summed E-state index contributed by atoms with van der Waals surface area (Å²) >= 11 is 0. The van der Waals surface area contributed by atoms with Crippen molar-refractivity contribution in [1.82, 2.24) is 4.90 Å². The number of imide groups is 1. The molecular formula is C13H20N3O4+. The molecule has 0 spiro atoms. The van der Waals surface area contributed by atoms with Crippen molar-refractivity contribution < 1.29 is 19.0 Å². The van der Waals surface area contributed by atoms with E-state index in [1.807, 2.05) is 13.8 Å². The van der Waals surface area contributed by atoms with Gasteiger partial charge in [0.2, 0.25) is 0 Å². The van der Waals surface area contributed by atoms with Gasteiger partial charge in [-0.3, -0.25) is 14.9 Å². The van der Waals surface area contributed by atoms with Gasteiger partial charge in [-0.1, -0.05) is 13.8 Å². The van der Waals surface area contributed by atoms with E-state index in [9.17, 15) is 19.7 Å². The van der Waals surface area contributed by atoms with Crippen LogP contribution in [0.2, 0.25) is 0 Å². The molecule has 1 heterocycles. The Bertz CT molecular complexity index is 522. The minimum absolute atomic E-state index is 0.0558. The third kappa shape index (κ3) is 2.02. The fraction of sp³-hybridized carbons (Fsp3) is 0.692. The van der Waals surface area contributed by atoms with Crippen molar-refractivity contribution in [3.8, 4) is 0 Å². The van der Waals surface area contributed by atoms with Crippen molar-refractivity contribution in [1.29, 1.82) is 0 Å². The Hall–Kier alpha value is -1.76. The summed E-state index contributed by atoms with van der Waals surface area (Å²) < 4.78 is -0.130. The van der Waals surface area contributed by atoms with Gasteiger partial charge in [-0.2, -0.15) is 0 Å². The normalized spacial score (nSPS) is 27.6. The topological polar surface area (TPSA) is 80.5 Å². The molecule has 0 saturated heterocycles. The molecule has 0 bridgehead atoms. The molecule has 1 saturated carbocycles. The standard InChI is InChI=1S/C13H20N3O4/c1-8(2)7-14-12(17)11(15(19)20)9(3)16(4,13(14)18)10-5-6-10/h8,10H,5-7H2,1-4H3/q+1. The van der Waals surface area contributed by atoms with Crippen LogP contribution in [0.15, 0.2) is 11.4 Å². The van der Waals surface area contributed by atoms with Gasteiger partial charge in [0.25, 0.3) is 0 Å². The van der Waals surface area contributed by atoms with Gasteiger partial charge in [-0.15, -0.1) is 0 Å². The second-order valence-corrected chi connectivity index (χ2v) is 6.09. The predicted molar refractivity (Wildman–Crippen MR) is 70.8 cm³/mol. The first-order chi connectivity index (χ1) is 9.21. The number of nitro groups is 1. The maximum atomic E-state index is 12.7. The van der Waals surface area contributed by atoms with Crippen molar-refractivity contribution in [2.24, 2.45) is 5.92 Å². The number of hydrogen-bond acceptors (Lipinski definition) is 4. The van der Waals surface area contributed by atoms with Crippen LogP contribution in [-0.4, -0.2) is 45.9 Å². The molecule has 0 N–H and O–H groups in total. The molecule has 3 amide bonds. The second kappa shape index (κ2) is 4.66. The van der Waals surface area contributed by atoms with Gasteiger partial charge in [-0.25, -0.2) is 14.2 Å². The Labute approximate surface area is 117 Å². The van der Waals surface area contributed by atoms with Crippen molar-refractivity contribution in [3.05, 3.63) is 21.5 Å². The highest BCUT2D eigenvalue weighted by Gasteiger charge is 2.60. The number of nitrogens with zero attached hydrogens (tertiary/aromatic N) is 3. The molecule has 0 aromatic heterocycles. The highest BCUT2D eigenvalue weighted by Crippen LogP contribution is 2.41. The number of rotatable bonds is 4. The van der Waals surface area contributed by atoms with E-state index in [2.05, 4.69) is 0 Å². The molecule has 0 radical (unpaired) electrons. The van der Waals surface area contributed by atoms with Crippen LogP contribution in [0, 0.1) is 16.0 Å². The Balaban J connectivity index is 2.55. The highest BCUT2D eigenvalue weighted by atomic mass is 16.6. The Morgan fingerprint density at radius 2 is 1.95 bits per heavy atom.